The van der Waals surface area contributed by atoms with Crippen molar-refractivity contribution in [1.82, 2.24) is 0 Å². The molecule has 1 aromatic carbocycles. The molecule has 0 aliphatic heterocycles. The van der Waals surface area contributed by atoms with E-state index < -0.39 is 0 Å². The summed E-state index contributed by atoms with van der Waals surface area (Å²) in [6.07, 6.45) is 2.70. The fraction of sp³-hybridized carbons (Fsp3) is 0.455. The minimum Gasteiger partial charge on any atom is -0.381 e. The van der Waals surface area contributed by atoms with Crippen LogP contribution >= 0.6 is 27.5 Å². The first-order valence-corrected chi connectivity index (χ1v) is 6.05. The summed E-state index contributed by atoms with van der Waals surface area (Å²) in [5.74, 6) is 0.842. The second kappa shape index (κ2) is 4.11. The molecule has 0 bridgehead atoms. The van der Waals surface area contributed by atoms with Crippen molar-refractivity contribution >= 4 is 33.2 Å². The molecule has 1 aliphatic carbocycles. The third-order valence-corrected chi connectivity index (χ3v) is 3.45. The Morgan fingerprint density at radius 3 is 2.79 bits per heavy atom. The van der Waals surface area contributed by atoms with E-state index in [0.717, 1.165) is 21.1 Å². The van der Waals surface area contributed by atoms with Crippen LogP contribution in [0.4, 0.5) is 5.69 Å². The average molecular weight is 275 g/mol. The van der Waals surface area contributed by atoms with Crippen molar-refractivity contribution in [2.24, 2.45) is 5.92 Å². The second-order valence-corrected chi connectivity index (χ2v) is 5.22. The van der Waals surface area contributed by atoms with E-state index in [1.807, 2.05) is 18.2 Å². The maximum absolute atomic E-state index is 6.11. The molecule has 3 heteroatoms. The molecular formula is C11H13BrClN. The molecular weight excluding hydrogens is 261 g/mol. The predicted octanol–water partition coefficient (Wildman–Crippen LogP) is 4.31. The highest BCUT2D eigenvalue weighted by molar-refractivity contribution is 9.10. The molecule has 1 atom stereocenters. The maximum Gasteiger partial charge on any atom is 0.0648 e. The fourth-order valence-corrected chi connectivity index (χ4v) is 2.29. The standard InChI is InChI=1S/C11H13BrClN/c1-7(8-2-3-8)14-11-5-4-9(12)6-10(11)13/h4-8,14H,2-3H2,1H3. The van der Waals surface area contributed by atoms with E-state index >= 15 is 0 Å². The summed E-state index contributed by atoms with van der Waals surface area (Å²) < 4.78 is 1.02. The van der Waals surface area contributed by atoms with Crippen LogP contribution in [0.3, 0.4) is 0 Å². The zero-order chi connectivity index (χ0) is 10.1. The molecule has 0 aromatic heterocycles. The Labute approximate surface area is 98.0 Å². The van der Waals surface area contributed by atoms with Crippen molar-refractivity contribution in [1.29, 1.82) is 0 Å². The Hall–Kier alpha value is -0.210. The average Bonchev–Trinajstić information content (AvgIpc) is 2.92. The zero-order valence-electron chi connectivity index (χ0n) is 8.06. The predicted molar refractivity (Wildman–Crippen MR) is 65.0 cm³/mol. The van der Waals surface area contributed by atoms with E-state index in [1.54, 1.807) is 0 Å². The first-order valence-electron chi connectivity index (χ1n) is 4.88. The van der Waals surface area contributed by atoms with E-state index in [-0.39, 0.29) is 0 Å². The lowest BCUT2D eigenvalue weighted by Gasteiger charge is -2.15. The molecule has 14 heavy (non-hydrogen) atoms. The molecule has 1 aliphatic rings. The molecule has 1 N–H and O–H groups in total. The zero-order valence-corrected chi connectivity index (χ0v) is 10.4. The van der Waals surface area contributed by atoms with Crippen LogP contribution in [0.2, 0.25) is 5.02 Å². The van der Waals surface area contributed by atoms with Crippen LogP contribution in [-0.4, -0.2) is 6.04 Å². The minimum absolute atomic E-state index is 0.536. The number of nitrogens with one attached hydrogen (secondary N) is 1. The largest absolute Gasteiger partial charge is 0.381 e. The molecule has 1 nitrogen and oxygen atoms in total. The van der Waals surface area contributed by atoms with Gasteiger partial charge in [0.1, 0.15) is 0 Å². The van der Waals surface area contributed by atoms with Gasteiger partial charge in [-0.3, -0.25) is 0 Å². The third-order valence-electron chi connectivity index (χ3n) is 2.64. The van der Waals surface area contributed by atoms with Crippen LogP contribution < -0.4 is 5.32 Å². The van der Waals surface area contributed by atoms with Crippen LogP contribution in [0.25, 0.3) is 0 Å². The Kier molecular flexibility index (Phi) is 3.03. The Balaban J connectivity index is 2.07. The number of anilines is 1. The van der Waals surface area contributed by atoms with Crippen LogP contribution in [-0.2, 0) is 0 Å². The molecule has 0 amide bonds. The van der Waals surface area contributed by atoms with E-state index in [4.69, 9.17) is 11.6 Å². The second-order valence-electron chi connectivity index (χ2n) is 3.89. The van der Waals surface area contributed by atoms with Gasteiger partial charge in [0.15, 0.2) is 0 Å². The summed E-state index contributed by atoms with van der Waals surface area (Å²) >= 11 is 9.50. The van der Waals surface area contributed by atoms with Gasteiger partial charge in [-0.1, -0.05) is 27.5 Å². The van der Waals surface area contributed by atoms with Crippen LogP contribution in [0.15, 0.2) is 22.7 Å². The van der Waals surface area contributed by atoms with Crippen molar-refractivity contribution in [3.63, 3.8) is 0 Å². The number of hydrogen-bond acceptors (Lipinski definition) is 1. The molecule has 1 fully saturated rings. The van der Waals surface area contributed by atoms with Crippen LogP contribution in [0.1, 0.15) is 19.8 Å². The number of rotatable bonds is 3. The van der Waals surface area contributed by atoms with Gasteiger partial charge < -0.3 is 5.32 Å². The summed E-state index contributed by atoms with van der Waals surface area (Å²) in [6, 6.07) is 6.48. The van der Waals surface area contributed by atoms with E-state index in [0.29, 0.717) is 6.04 Å². The number of hydrogen-bond donors (Lipinski definition) is 1. The Morgan fingerprint density at radius 1 is 1.50 bits per heavy atom. The lowest BCUT2D eigenvalue weighted by atomic mass is 10.2. The summed E-state index contributed by atoms with van der Waals surface area (Å²) in [5.41, 5.74) is 1.04. The number of benzene rings is 1. The topological polar surface area (TPSA) is 12.0 Å². The van der Waals surface area contributed by atoms with Crippen molar-refractivity contribution < 1.29 is 0 Å². The first-order chi connectivity index (χ1) is 6.66. The smallest absolute Gasteiger partial charge is 0.0648 e. The Bertz CT molecular complexity index is 336. The van der Waals surface area contributed by atoms with Crippen molar-refractivity contribution in [3.05, 3.63) is 27.7 Å². The highest BCUT2D eigenvalue weighted by Crippen LogP contribution is 2.35. The number of halogens is 2. The Morgan fingerprint density at radius 2 is 2.21 bits per heavy atom. The molecule has 76 valence electrons. The summed E-state index contributed by atoms with van der Waals surface area (Å²) in [7, 11) is 0. The third kappa shape index (κ3) is 2.43. The molecule has 1 saturated carbocycles. The van der Waals surface area contributed by atoms with Gasteiger partial charge in [-0.05, 0) is 43.9 Å². The summed E-state index contributed by atoms with van der Waals surface area (Å²) in [6.45, 7) is 2.22. The normalized spacial score (nSPS) is 17.9. The van der Waals surface area contributed by atoms with Crippen molar-refractivity contribution in [2.45, 2.75) is 25.8 Å². The highest BCUT2D eigenvalue weighted by atomic mass is 79.9. The van der Waals surface area contributed by atoms with Crippen LogP contribution in [0, 0.1) is 5.92 Å². The highest BCUT2D eigenvalue weighted by Gasteiger charge is 2.27. The summed E-state index contributed by atoms with van der Waals surface area (Å²) in [5, 5.41) is 4.23. The molecule has 0 heterocycles. The quantitative estimate of drug-likeness (QED) is 0.866. The SMILES string of the molecule is CC(Nc1ccc(Br)cc1Cl)C1CC1. The lowest BCUT2D eigenvalue weighted by molar-refractivity contribution is 0.694. The van der Waals surface area contributed by atoms with Crippen LogP contribution in [0.5, 0.6) is 0 Å². The lowest BCUT2D eigenvalue weighted by Crippen LogP contribution is -2.17. The maximum atomic E-state index is 6.11. The first kappa shape index (κ1) is 10.3. The molecule has 0 spiro atoms. The van der Waals surface area contributed by atoms with E-state index in [9.17, 15) is 0 Å². The molecule has 2 rings (SSSR count). The summed E-state index contributed by atoms with van der Waals surface area (Å²) in [4.78, 5) is 0. The van der Waals surface area contributed by atoms with Gasteiger partial charge in [0, 0.05) is 10.5 Å². The molecule has 0 saturated heterocycles. The van der Waals surface area contributed by atoms with Gasteiger partial charge in [-0.15, -0.1) is 0 Å². The van der Waals surface area contributed by atoms with Gasteiger partial charge in [0.2, 0.25) is 0 Å². The van der Waals surface area contributed by atoms with Gasteiger partial charge in [-0.2, -0.15) is 0 Å². The van der Waals surface area contributed by atoms with E-state index in [1.165, 1.54) is 12.8 Å². The van der Waals surface area contributed by atoms with Gasteiger partial charge >= 0.3 is 0 Å². The monoisotopic (exact) mass is 273 g/mol. The van der Waals surface area contributed by atoms with Gasteiger partial charge in [0.05, 0.1) is 10.7 Å². The van der Waals surface area contributed by atoms with Crippen molar-refractivity contribution in [3.8, 4) is 0 Å². The van der Waals surface area contributed by atoms with Gasteiger partial charge in [0.25, 0.3) is 0 Å². The molecule has 0 radical (unpaired) electrons. The fourth-order valence-electron chi connectivity index (χ4n) is 1.57. The minimum atomic E-state index is 0.536. The molecule has 1 aromatic rings. The van der Waals surface area contributed by atoms with Gasteiger partial charge in [-0.25, -0.2) is 0 Å². The molecule has 1 unspecified atom stereocenters. The van der Waals surface area contributed by atoms with Crippen molar-refractivity contribution in [2.75, 3.05) is 5.32 Å². The van der Waals surface area contributed by atoms with E-state index in [2.05, 4.69) is 28.2 Å².